The summed E-state index contributed by atoms with van der Waals surface area (Å²) in [6.45, 7) is 0. The van der Waals surface area contributed by atoms with E-state index in [1.165, 1.54) is 12.1 Å². The van der Waals surface area contributed by atoms with Crippen molar-refractivity contribution < 1.29 is 13.2 Å². The Hall–Kier alpha value is -0.950. The van der Waals surface area contributed by atoms with Crippen molar-refractivity contribution in [3.63, 3.8) is 0 Å². The van der Waals surface area contributed by atoms with Gasteiger partial charge < -0.3 is 5.32 Å². The molecule has 0 atom stereocenters. The fourth-order valence-electron chi connectivity index (χ4n) is 1.38. The number of rotatable bonds is 2. The molecule has 1 heterocycles. The first-order valence-electron chi connectivity index (χ1n) is 5.20. The number of hydrogen-bond donors (Lipinski definition) is 1. The van der Waals surface area contributed by atoms with Gasteiger partial charge in [-0.2, -0.15) is 13.2 Å². The van der Waals surface area contributed by atoms with Crippen molar-refractivity contribution in [2.24, 2.45) is 0 Å². The average Bonchev–Trinajstić information content (AvgIpc) is 2.34. The van der Waals surface area contributed by atoms with E-state index < -0.39 is 17.2 Å². The van der Waals surface area contributed by atoms with Crippen molar-refractivity contribution in [2.75, 3.05) is 5.32 Å². The second kappa shape index (κ2) is 6.04. The molecule has 1 aromatic heterocycles. The summed E-state index contributed by atoms with van der Waals surface area (Å²) in [5.74, 6) is -0.178. The molecule has 0 saturated heterocycles. The molecule has 2 aromatic rings. The molecule has 0 fully saturated rings. The van der Waals surface area contributed by atoms with Crippen LogP contribution in [0.4, 0.5) is 24.7 Å². The van der Waals surface area contributed by atoms with Gasteiger partial charge in [0.05, 0.1) is 20.8 Å². The number of halogens is 7. The molecular formula is C11H4Cl4F3N3. The van der Waals surface area contributed by atoms with Crippen molar-refractivity contribution in [1.29, 1.82) is 0 Å². The van der Waals surface area contributed by atoms with Crippen LogP contribution in [0.2, 0.25) is 20.4 Å². The van der Waals surface area contributed by atoms with Crippen LogP contribution in [0.3, 0.4) is 0 Å². The van der Waals surface area contributed by atoms with E-state index in [1.54, 1.807) is 0 Å². The summed E-state index contributed by atoms with van der Waals surface area (Å²) in [4.78, 5) is 6.75. The Labute approximate surface area is 137 Å². The first-order chi connectivity index (χ1) is 9.66. The molecule has 0 amide bonds. The predicted molar refractivity (Wildman–Crippen MR) is 76.8 cm³/mol. The molecule has 1 N–H and O–H groups in total. The predicted octanol–water partition coefficient (Wildman–Crippen LogP) is 5.85. The quantitative estimate of drug-likeness (QED) is 0.527. The molecule has 0 bridgehead atoms. The number of hydrogen-bond acceptors (Lipinski definition) is 3. The summed E-state index contributed by atoms with van der Waals surface area (Å²) >= 11 is 23.0. The lowest BCUT2D eigenvalue weighted by Gasteiger charge is -2.11. The van der Waals surface area contributed by atoms with Gasteiger partial charge in [-0.1, -0.05) is 34.8 Å². The molecule has 0 spiro atoms. The number of benzene rings is 1. The Bertz CT molecular complexity index is 691. The van der Waals surface area contributed by atoms with E-state index in [-0.39, 0.29) is 26.6 Å². The molecule has 0 aliphatic heterocycles. The maximum absolute atomic E-state index is 12.6. The van der Waals surface area contributed by atoms with Crippen LogP contribution >= 0.6 is 46.4 Å². The van der Waals surface area contributed by atoms with Crippen LogP contribution in [0.5, 0.6) is 0 Å². The van der Waals surface area contributed by atoms with Gasteiger partial charge in [0.1, 0.15) is 5.82 Å². The maximum atomic E-state index is 12.6. The highest BCUT2D eigenvalue weighted by Crippen LogP contribution is 2.35. The highest BCUT2D eigenvalue weighted by atomic mass is 35.5. The molecule has 10 heteroatoms. The van der Waals surface area contributed by atoms with Crippen molar-refractivity contribution in [3.05, 3.63) is 44.2 Å². The highest BCUT2D eigenvalue weighted by Gasteiger charge is 2.33. The molecule has 0 unspecified atom stereocenters. The lowest BCUT2D eigenvalue weighted by molar-refractivity contribution is -0.141. The van der Waals surface area contributed by atoms with Gasteiger partial charge in [-0.3, -0.25) is 0 Å². The Morgan fingerprint density at radius 2 is 1.48 bits per heavy atom. The van der Waals surface area contributed by atoms with Gasteiger partial charge in [0.15, 0.2) is 5.69 Å². The number of nitrogens with one attached hydrogen (secondary N) is 1. The topological polar surface area (TPSA) is 37.8 Å². The summed E-state index contributed by atoms with van der Waals surface area (Å²) in [6.07, 6.45) is -4.65. The Morgan fingerprint density at radius 3 is 2.10 bits per heavy atom. The normalized spacial score (nSPS) is 11.6. The highest BCUT2D eigenvalue weighted by molar-refractivity contribution is 6.44. The van der Waals surface area contributed by atoms with Crippen molar-refractivity contribution in [2.45, 2.75) is 6.18 Å². The third-order valence-electron chi connectivity index (χ3n) is 2.26. The van der Waals surface area contributed by atoms with Crippen LogP contribution in [-0.2, 0) is 6.18 Å². The van der Waals surface area contributed by atoms with E-state index in [9.17, 15) is 13.2 Å². The van der Waals surface area contributed by atoms with Crippen LogP contribution in [0.25, 0.3) is 0 Å². The van der Waals surface area contributed by atoms with Crippen LogP contribution < -0.4 is 5.32 Å². The lowest BCUT2D eigenvalue weighted by Crippen LogP contribution is -2.10. The minimum atomic E-state index is -4.65. The molecule has 0 saturated carbocycles. The third kappa shape index (κ3) is 4.03. The summed E-state index contributed by atoms with van der Waals surface area (Å²) in [5, 5.41) is 2.58. The van der Waals surface area contributed by atoms with Gasteiger partial charge in [-0.05, 0) is 23.7 Å². The van der Waals surface area contributed by atoms with Crippen molar-refractivity contribution >= 4 is 57.9 Å². The second-order valence-corrected chi connectivity index (χ2v) is 5.34. The van der Waals surface area contributed by atoms with Crippen LogP contribution in [0.15, 0.2) is 18.2 Å². The van der Waals surface area contributed by atoms with Gasteiger partial charge >= 0.3 is 6.18 Å². The molecule has 0 aliphatic rings. The molecule has 0 radical (unpaired) electrons. The molecule has 21 heavy (non-hydrogen) atoms. The number of nitrogens with zero attached hydrogens (tertiary/aromatic N) is 2. The van der Waals surface area contributed by atoms with E-state index in [0.29, 0.717) is 6.07 Å². The third-order valence-corrected chi connectivity index (χ3v) is 3.47. The zero-order valence-electron chi connectivity index (χ0n) is 9.77. The lowest BCUT2D eigenvalue weighted by atomic mass is 10.3. The van der Waals surface area contributed by atoms with Gasteiger partial charge in [0.25, 0.3) is 0 Å². The van der Waals surface area contributed by atoms with Crippen LogP contribution in [-0.4, -0.2) is 9.97 Å². The van der Waals surface area contributed by atoms with E-state index >= 15 is 0 Å². The molecule has 0 aliphatic carbocycles. The van der Waals surface area contributed by atoms with Gasteiger partial charge in [-0.15, -0.1) is 0 Å². The molecule has 2 rings (SSSR count). The molecule has 112 valence electrons. The number of aromatic nitrogens is 2. The van der Waals surface area contributed by atoms with Crippen molar-refractivity contribution in [1.82, 2.24) is 9.97 Å². The summed E-state index contributed by atoms with van der Waals surface area (Å²) in [6, 6.07) is 3.40. The Kier molecular flexibility index (Phi) is 4.72. The van der Waals surface area contributed by atoms with Crippen LogP contribution in [0, 0.1) is 0 Å². The minimum Gasteiger partial charge on any atom is -0.339 e. The van der Waals surface area contributed by atoms with E-state index in [0.717, 1.165) is 0 Å². The SMILES string of the molecule is FC(F)(F)c1cc(Nc2cc(Cl)c(Cl)cc2Cl)nc(Cl)n1. The Balaban J connectivity index is 2.40. The van der Waals surface area contributed by atoms with E-state index in [1.807, 2.05) is 0 Å². The Morgan fingerprint density at radius 1 is 0.857 bits per heavy atom. The maximum Gasteiger partial charge on any atom is 0.433 e. The summed E-state index contributed by atoms with van der Waals surface area (Å²) < 4.78 is 37.9. The summed E-state index contributed by atoms with van der Waals surface area (Å²) in [7, 11) is 0. The number of alkyl halides is 3. The molecule has 3 nitrogen and oxygen atoms in total. The molecular weight excluding hydrogens is 373 g/mol. The van der Waals surface area contributed by atoms with Gasteiger partial charge in [0.2, 0.25) is 5.28 Å². The summed E-state index contributed by atoms with van der Waals surface area (Å²) in [5.41, 5.74) is -0.949. The first kappa shape index (κ1) is 16.4. The average molecular weight is 377 g/mol. The van der Waals surface area contributed by atoms with Gasteiger partial charge in [-0.25, -0.2) is 9.97 Å². The zero-order valence-corrected chi connectivity index (χ0v) is 12.8. The zero-order chi connectivity index (χ0) is 15.8. The fraction of sp³-hybridized carbons (Fsp3) is 0.0909. The molecule has 1 aromatic carbocycles. The van der Waals surface area contributed by atoms with E-state index in [2.05, 4.69) is 15.3 Å². The number of anilines is 2. The first-order valence-corrected chi connectivity index (χ1v) is 6.71. The standard InChI is InChI=1S/C11H4Cl4F3N3/c12-4-1-6(14)7(2-5(4)13)19-9-3-8(11(16,17)18)20-10(15)21-9/h1-3H,(H,19,20,21). The van der Waals surface area contributed by atoms with Gasteiger partial charge in [0, 0.05) is 6.07 Å². The van der Waals surface area contributed by atoms with E-state index in [4.69, 9.17) is 46.4 Å². The minimum absolute atomic E-state index is 0.160. The largest absolute Gasteiger partial charge is 0.433 e. The second-order valence-electron chi connectivity index (χ2n) is 3.78. The fourth-order valence-corrected chi connectivity index (χ4v) is 2.16. The van der Waals surface area contributed by atoms with Crippen molar-refractivity contribution in [3.8, 4) is 0 Å². The smallest absolute Gasteiger partial charge is 0.339 e. The monoisotopic (exact) mass is 375 g/mol. The van der Waals surface area contributed by atoms with Crippen LogP contribution in [0.1, 0.15) is 5.69 Å².